The summed E-state index contributed by atoms with van der Waals surface area (Å²) in [6, 6.07) is 0.179. The second kappa shape index (κ2) is 6.81. The predicted octanol–water partition coefficient (Wildman–Crippen LogP) is 3.59. The number of primary amides is 1. The molecule has 0 atom stereocenters. The van der Waals surface area contributed by atoms with E-state index in [-0.39, 0.29) is 6.03 Å². The van der Waals surface area contributed by atoms with E-state index in [1.165, 1.54) is 50.5 Å². The lowest BCUT2D eigenvalue weighted by Gasteiger charge is -2.33. The van der Waals surface area contributed by atoms with Gasteiger partial charge in [-0.3, -0.25) is 0 Å². The fourth-order valence-corrected chi connectivity index (χ4v) is 3.26. The number of amides is 2. The number of hydrogen-bond acceptors (Lipinski definition) is 1. The molecule has 0 aliphatic heterocycles. The van der Waals surface area contributed by atoms with Gasteiger partial charge in [-0.1, -0.05) is 30.9 Å². The van der Waals surface area contributed by atoms with Gasteiger partial charge in [0.05, 0.1) is 0 Å². The number of hydrogen-bond donors (Lipinski definition) is 1. The predicted molar refractivity (Wildman–Crippen MR) is 74.3 cm³/mol. The molecule has 2 aliphatic carbocycles. The first kappa shape index (κ1) is 13.4. The Morgan fingerprint density at radius 3 is 2.61 bits per heavy atom. The summed E-state index contributed by atoms with van der Waals surface area (Å²) in [5.74, 6) is 0. The Bertz CT molecular complexity index is 306. The number of nitrogens with two attached hydrogens (primary N) is 1. The molecule has 0 unspecified atom stereocenters. The van der Waals surface area contributed by atoms with Gasteiger partial charge >= 0.3 is 6.03 Å². The van der Waals surface area contributed by atoms with Crippen molar-refractivity contribution in [3.8, 4) is 0 Å². The second-order valence-corrected chi connectivity index (χ2v) is 5.68. The molecule has 0 aromatic carbocycles. The van der Waals surface area contributed by atoms with Gasteiger partial charge in [-0.2, -0.15) is 0 Å². The molecule has 0 heterocycles. The van der Waals surface area contributed by atoms with E-state index in [0.717, 1.165) is 25.8 Å². The minimum absolute atomic E-state index is 0.224. The summed E-state index contributed by atoms with van der Waals surface area (Å²) in [6.45, 7) is 0.825. The van der Waals surface area contributed by atoms with Crippen LogP contribution in [0.25, 0.3) is 0 Å². The van der Waals surface area contributed by atoms with Crippen LogP contribution < -0.4 is 5.73 Å². The minimum atomic E-state index is -0.224. The number of allylic oxidation sites excluding steroid dienone is 1. The molecule has 3 nitrogen and oxygen atoms in total. The molecule has 102 valence electrons. The van der Waals surface area contributed by atoms with Crippen LogP contribution in [0.2, 0.25) is 0 Å². The third kappa shape index (κ3) is 3.76. The van der Waals surface area contributed by atoms with Crippen molar-refractivity contribution in [1.29, 1.82) is 0 Å². The smallest absolute Gasteiger partial charge is 0.315 e. The van der Waals surface area contributed by atoms with Crippen LogP contribution in [0.5, 0.6) is 0 Å². The van der Waals surface area contributed by atoms with Crippen LogP contribution in [0.1, 0.15) is 64.2 Å². The van der Waals surface area contributed by atoms with E-state index in [1.54, 1.807) is 0 Å². The Hall–Kier alpha value is -0.990. The van der Waals surface area contributed by atoms with Crippen LogP contribution in [0.15, 0.2) is 11.6 Å². The number of carbonyl (C=O) groups excluding carboxylic acids is 1. The Balaban J connectivity index is 1.85. The fraction of sp³-hybridized carbons (Fsp3) is 0.800. The summed E-state index contributed by atoms with van der Waals surface area (Å²) < 4.78 is 0. The van der Waals surface area contributed by atoms with Gasteiger partial charge in [-0.25, -0.2) is 4.79 Å². The van der Waals surface area contributed by atoms with Crippen molar-refractivity contribution >= 4 is 6.03 Å². The van der Waals surface area contributed by atoms with Gasteiger partial charge in [0.2, 0.25) is 0 Å². The summed E-state index contributed by atoms with van der Waals surface area (Å²) in [7, 11) is 0. The van der Waals surface area contributed by atoms with Crippen molar-refractivity contribution in [2.45, 2.75) is 70.3 Å². The molecule has 0 spiro atoms. The Labute approximate surface area is 110 Å². The Morgan fingerprint density at radius 1 is 1.22 bits per heavy atom. The quantitative estimate of drug-likeness (QED) is 0.761. The number of urea groups is 1. The highest BCUT2D eigenvalue weighted by Crippen LogP contribution is 2.25. The number of carbonyl (C=O) groups is 1. The first-order valence-corrected chi connectivity index (χ1v) is 7.51. The number of nitrogens with zero attached hydrogens (tertiary/aromatic N) is 1. The molecule has 1 saturated carbocycles. The maximum absolute atomic E-state index is 11.6. The molecule has 2 rings (SSSR count). The summed E-state index contributed by atoms with van der Waals surface area (Å²) in [5, 5.41) is 0. The monoisotopic (exact) mass is 250 g/mol. The van der Waals surface area contributed by atoms with Crippen molar-refractivity contribution in [1.82, 2.24) is 4.90 Å². The van der Waals surface area contributed by atoms with Crippen molar-refractivity contribution in [2.75, 3.05) is 6.54 Å². The van der Waals surface area contributed by atoms with Crippen LogP contribution in [-0.2, 0) is 0 Å². The van der Waals surface area contributed by atoms with Crippen LogP contribution in [-0.4, -0.2) is 23.5 Å². The lowest BCUT2D eigenvalue weighted by molar-refractivity contribution is 0.164. The zero-order valence-corrected chi connectivity index (χ0v) is 11.4. The molecule has 0 aromatic heterocycles. The van der Waals surface area contributed by atoms with E-state index in [2.05, 4.69) is 6.08 Å². The SMILES string of the molecule is NC(=O)N(CCC1=CCCCC1)C1CCCCC1. The van der Waals surface area contributed by atoms with E-state index < -0.39 is 0 Å². The highest BCUT2D eigenvalue weighted by molar-refractivity contribution is 5.72. The topological polar surface area (TPSA) is 46.3 Å². The van der Waals surface area contributed by atoms with E-state index in [1.807, 2.05) is 4.90 Å². The molecule has 2 N–H and O–H groups in total. The first-order valence-electron chi connectivity index (χ1n) is 7.51. The molecule has 1 fully saturated rings. The van der Waals surface area contributed by atoms with Crippen molar-refractivity contribution in [2.24, 2.45) is 5.73 Å². The largest absolute Gasteiger partial charge is 0.351 e. The normalized spacial score (nSPS) is 21.4. The Kier molecular flexibility index (Phi) is 5.09. The molecule has 0 aromatic rings. The third-order valence-corrected chi connectivity index (χ3v) is 4.36. The highest BCUT2D eigenvalue weighted by atomic mass is 16.2. The molecule has 0 radical (unpaired) electrons. The molecule has 2 amide bonds. The standard InChI is InChI=1S/C15H26N2O/c16-15(18)17(14-9-5-2-6-10-14)12-11-13-7-3-1-4-8-13/h7,14H,1-6,8-12H2,(H2,16,18). The van der Waals surface area contributed by atoms with Crippen LogP contribution in [0.3, 0.4) is 0 Å². The van der Waals surface area contributed by atoms with E-state index in [4.69, 9.17) is 5.73 Å². The third-order valence-electron chi connectivity index (χ3n) is 4.36. The molecule has 18 heavy (non-hydrogen) atoms. The molecular weight excluding hydrogens is 224 g/mol. The molecule has 2 aliphatic rings. The maximum atomic E-state index is 11.6. The fourth-order valence-electron chi connectivity index (χ4n) is 3.26. The van der Waals surface area contributed by atoms with Crippen molar-refractivity contribution < 1.29 is 4.79 Å². The Morgan fingerprint density at radius 2 is 2.00 bits per heavy atom. The van der Waals surface area contributed by atoms with Gasteiger partial charge in [0.15, 0.2) is 0 Å². The van der Waals surface area contributed by atoms with E-state index >= 15 is 0 Å². The van der Waals surface area contributed by atoms with Crippen LogP contribution in [0, 0.1) is 0 Å². The average Bonchev–Trinajstić information content (AvgIpc) is 2.41. The van der Waals surface area contributed by atoms with Crippen molar-refractivity contribution in [3.05, 3.63) is 11.6 Å². The number of rotatable bonds is 4. The van der Waals surface area contributed by atoms with Gasteiger partial charge < -0.3 is 10.6 Å². The summed E-state index contributed by atoms with van der Waals surface area (Å²) in [6.07, 6.45) is 14.6. The van der Waals surface area contributed by atoms with Crippen LogP contribution >= 0.6 is 0 Å². The summed E-state index contributed by atoms with van der Waals surface area (Å²) in [5.41, 5.74) is 7.08. The van der Waals surface area contributed by atoms with E-state index in [0.29, 0.717) is 6.04 Å². The lowest BCUT2D eigenvalue weighted by Crippen LogP contribution is -2.45. The molecular formula is C15H26N2O. The van der Waals surface area contributed by atoms with E-state index in [9.17, 15) is 4.79 Å². The minimum Gasteiger partial charge on any atom is -0.351 e. The zero-order valence-electron chi connectivity index (χ0n) is 11.4. The van der Waals surface area contributed by atoms with Gasteiger partial charge in [-0.05, 0) is 44.9 Å². The van der Waals surface area contributed by atoms with Gasteiger partial charge in [0, 0.05) is 12.6 Å². The second-order valence-electron chi connectivity index (χ2n) is 5.68. The zero-order chi connectivity index (χ0) is 12.8. The summed E-state index contributed by atoms with van der Waals surface area (Å²) >= 11 is 0. The molecule has 0 bridgehead atoms. The molecule has 0 saturated heterocycles. The lowest BCUT2D eigenvalue weighted by atomic mass is 9.93. The average molecular weight is 250 g/mol. The highest BCUT2D eigenvalue weighted by Gasteiger charge is 2.23. The van der Waals surface area contributed by atoms with Crippen LogP contribution in [0.4, 0.5) is 4.79 Å². The summed E-state index contributed by atoms with van der Waals surface area (Å²) in [4.78, 5) is 13.5. The van der Waals surface area contributed by atoms with Gasteiger partial charge in [0.1, 0.15) is 0 Å². The van der Waals surface area contributed by atoms with Gasteiger partial charge in [-0.15, -0.1) is 0 Å². The van der Waals surface area contributed by atoms with Crippen molar-refractivity contribution in [3.63, 3.8) is 0 Å². The van der Waals surface area contributed by atoms with Gasteiger partial charge in [0.25, 0.3) is 0 Å². The first-order chi connectivity index (χ1) is 8.77. The maximum Gasteiger partial charge on any atom is 0.315 e. The molecule has 3 heteroatoms.